The predicted octanol–water partition coefficient (Wildman–Crippen LogP) is 2.68. The minimum atomic E-state index is -0.543. The Morgan fingerprint density at radius 2 is 2.14 bits per heavy atom. The summed E-state index contributed by atoms with van der Waals surface area (Å²) in [6.07, 6.45) is 1.98. The first kappa shape index (κ1) is 16.9. The van der Waals surface area contributed by atoms with E-state index >= 15 is 0 Å². The highest BCUT2D eigenvalue weighted by atomic mass is 16.6. The number of hydrogen-bond acceptors (Lipinski definition) is 5. The molecule has 0 aromatic carbocycles. The number of hydrogen-bond donors (Lipinski definition) is 1. The molecule has 21 heavy (non-hydrogen) atoms. The van der Waals surface area contributed by atoms with Crippen LogP contribution in [0.15, 0.2) is 12.3 Å². The van der Waals surface area contributed by atoms with E-state index < -0.39 is 4.92 Å². The molecule has 1 aromatic rings. The van der Waals surface area contributed by atoms with Crippen LogP contribution in [0, 0.1) is 10.1 Å². The Balaban J connectivity index is 3.26. The zero-order valence-corrected chi connectivity index (χ0v) is 12.9. The Hall–Kier alpha value is -2.18. The van der Waals surface area contributed by atoms with Gasteiger partial charge in [0.1, 0.15) is 12.0 Å². The predicted molar refractivity (Wildman–Crippen MR) is 81.5 cm³/mol. The Morgan fingerprint density at radius 1 is 1.48 bits per heavy atom. The van der Waals surface area contributed by atoms with Crippen LogP contribution in [0.1, 0.15) is 44.5 Å². The Bertz CT molecular complexity index is 519. The van der Waals surface area contributed by atoms with Gasteiger partial charge in [0.15, 0.2) is 0 Å². The van der Waals surface area contributed by atoms with E-state index in [9.17, 15) is 14.9 Å². The first-order chi connectivity index (χ1) is 9.96. The van der Waals surface area contributed by atoms with Crippen LogP contribution in [0.25, 0.3) is 0 Å². The number of anilines is 1. The third-order valence-corrected chi connectivity index (χ3v) is 3.38. The molecule has 0 aliphatic carbocycles. The Kier molecular flexibility index (Phi) is 6.08. The molecular weight excluding hydrogens is 272 g/mol. The summed E-state index contributed by atoms with van der Waals surface area (Å²) in [5.74, 6) is 0.147. The molecular formula is C14H22N4O3. The van der Waals surface area contributed by atoms with Gasteiger partial charge in [-0.1, -0.05) is 6.92 Å². The van der Waals surface area contributed by atoms with Gasteiger partial charge in [-0.15, -0.1) is 0 Å². The van der Waals surface area contributed by atoms with Crippen LogP contribution in [0.4, 0.5) is 11.5 Å². The molecule has 1 N–H and O–H groups in total. The first-order valence-electron chi connectivity index (χ1n) is 7.15. The quantitative estimate of drug-likeness (QED) is 0.617. The van der Waals surface area contributed by atoms with Crippen molar-refractivity contribution in [2.75, 3.05) is 18.4 Å². The number of rotatable bonds is 7. The molecule has 0 aliphatic rings. The molecule has 0 radical (unpaired) electrons. The molecule has 0 aliphatic heterocycles. The molecule has 0 spiro atoms. The van der Waals surface area contributed by atoms with Crippen molar-refractivity contribution in [2.24, 2.45) is 0 Å². The molecule has 1 unspecified atom stereocenters. The maximum Gasteiger partial charge on any atom is 0.288 e. The number of pyridine rings is 1. The zero-order valence-electron chi connectivity index (χ0n) is 12.9. The van der Waals surface area contributed by atoms with E-state index in [1.54, 1.807) is 4.90 Å². The molecule has 1 aromatic heterocycles. The minimum absolute atomic E-state index is 0.0660. The van der Waals surface area contributed by atoms with Gasteiger partial charge in [-0.3, -0.25) is 14.9 Å². The third kappa shape index (κ3) is 3.90. The Morgan fingerprint density at radius 3 is 2.62 bits per heavy atom. The van der Waals surface area contributed by atoms with Crippen LogP contribution in [0.2, 0.25) is 0 Å². The van der Waals surface area contributed by atoms with E-state index in [1.165, 1.54) is 6.07 Å². The molecule has 1 amide bonds. The average molecular weight is 294 g/mol. The fourth-order valence-electron chi connectivity index (χ4n) is 2.06. The van der Waals surface area contributed by atoms with Crippen molar-refractivity contribution in [1.82, 2.24) is 9.88 Å². The lowest BCUT2D eigenvalue weighted by atomic mass is 10.1. The van der Waals surface area contributed by atoms with Crippen LogP contribution < -0.4 is 5.32 Å². The van der Waals surface area contributed by atoms with Crippen molar-refractivity contribution in [3.63, 3.8) is 0 Å². The van der Waals surface area contributed by atoms with Crippen molar-refractivity contribution in [2.45, 2.75) is 40.2 Å². The highest BCUT2D eigenvalue weighted by Gasteiger charge is 2.24. The highest BCUT2D eigenvalue weighted by molar-refractivity contribution is 5.99. The van der Waals surface area contributed by atoms with Crippen molar-refractivity contribution in [3.8, 4) is 0 Å². The molecule has 0 saturated carbocycles. The fraction of sp³-hybridized carbons (Fsp3) is 0.571. The first-order valence-corrected chi connectivity index (χ1v) is 7.15. The summed E-state index contributed by atoms with van der Waals surface area (Å²) in [5.41, 5.74) is 0.0633. The number of nitro groups is 1. The van der Waals surface area contributed by atoms with Gasteiger partial charge in [-0.05, 0) is 27.2 Å². The van der Waals surface area contributed by atoms with Gasteiger partial charge >= 0.3 is 0 Å². The van der Waals surface area contributed by atoms with Gasteiger partial charge in [0, 0.05) is 25.2 Å². The summed E-state index contributed by atoms with van der Waals surface area (Å²) in [6.45, 7) is 8.85. The van der Waals surface area contributed by atoms with Crippen LogP contribution in [-0.4, -0.2) is 39.8 Å². The number of carbonyl (C=O) groups is 1. The Labute approximate surface area is 124 Å². The van der Waals surface area contributed by atoms with Gasteiger partial charge in [0.25, 0.3) is 11.6 Å². The summed E-state index contributed by atoms with van der Waals surface area (Å²) in [4.78, 5) is 28.7. The number of aromatic nitrogens is 1. The SMILES string of the molecule is CCNc1ncc([N+](=O)[O-])cc1C(=O)N(CC)C(C)CC. The monoisotopic (exact) mass is 294 g/mol. The van der Waals surface area contributed by atoms with Crippen molar-refractivity contribution in [3.05, 3.63) is 27.9 Å². The molecule has 0 bridgehead atoms. The van der Waals surface area contributed by atoms with E-state index in [4.69, 9.17) is 0 Å². The largest absolute Gasteiger partial charge is 0.370 e. The topological polar surface area (TPSA) is 88.4 Å². The molecule has 116 valence electrons. The van der Waals surface area contributed by atoms with Crippen molar-refractivity contribution < 1.29 is 9.72 Å². The standard InChI is InChI=1S/C14H22N4O3/c1-5-10(4)17(7-3)14(19)12-8-11(18(20)21)9-16-13(12)15-6-2/h8-10H,5-7H2,1-4H3,(H,15,16). The second-order valence-electron chi connectivity index (χ2n) is 4.73. The number of nitrogens with one attached hydrogen (secondary N) is 1. The lowest BCUT2D eigenvalue weighted by Crippen LogP contribution is -2.38. The van der Waals surface area contributed by atoms with Crippen LogP contribution >= 0.6 is 0 Å². The normalized spacial score (nSPS) is 11.8. The van der Waals surface area contributed by atoms with Crippen molar-refractivity contribution >= 4 is 17.4 Å². The zero-order chi connectivity index (χ0) is 16.0. The van der Waals surface area contributed by atoms with E-state index in [1.807, 2.05) is 27.7 Å². The van der Waals surface area contributed by atoms with E-state index in [2.05, 4.69) is 10.3 Å². The van der Waals surface area contributed by atoms with Gasteiger partial charge in [-0.25, -0.2) is 4.98 Å². The summed E-state index contributed by atoms with van der Waals surface area (Å²) < 4.78 is 0. The van der Waals surface area contributed by atoms with E-state index in [-0.39, 0.29) is 23.2 Å². The molecule has 7 nitrogen and oxygen atoms in total. The van der Waals surface area contributed by atoms with Gasteiger partial charge in [-0.2, -0.15) is 0 Å². The molecule has 1 heterocycles. The number of nitrogens with zero attached hydrogens (tertiary/aromatic N) is 3. The van der Waals surface area contributed by atoms with Gasteiger partial charge < -0.3 is 10.2 Å². The summed E-state index contributed by atoms with van der Waals surface area (Å²) in [5, 5.41) is 13.9. The average Bonchev–Trinajstić information content (AvgIpc) is 2.48. The van der Waals surface area contributed by atoms with E-state index in [0.717, 1.165) is 12.6 Å². The molecule has 1 rings (SSSR count). The second-order valence-corrected chi connectivity index (χ2v) is 4.73. The smallest absolute Gasteiger partial charge is 0.288 e. The van der Waals surface area contributed by atoms with Crippen LogP contribution in [0.5, 0.6) is 0 Å². The maximum atomic E-state index is 12.7. The van der Waals surface area contributed by atoms with Crippen molar-refractivity contribution in [1.29, 1.82) is 0 Å². The lowest BCUT2D eigenvalue weighted by molar-refractivity contribution is -0.385. The van der Waals surface area contributed by atoms with Gasteiger partial charge in [0.05, 0.1) is 10.5 Å². The van der Waals surface area contributed by atoms with E-state index in [0.29, 0.717) is 18.9 Å². The third-order valence-electron chi connectivity index (χ3n) is 3.38. The highest BCUT2D eigenvalue weighted by Crippen LogP contribution is 2.22. The minimum Gasteiger partial charge on any atom is -0.370 e. The second kappa shape index (κ2) is 7.56. The molecule has 1 atom stereocenters. The maximum absolute atomic E-state index is 12.7. The summed E-state index contributed by atoms with van der Waals surface area (Å²) >= 11 is 0. The summed E-state index contributed by atoms with van der Waals surface area (Å²) in [7, 11) is 0. The molecule has 7 heteroatoms. The molecule has 0 saturated heterocycles. The number of carbonyl (C=O) groups excluding carboxylic acids is 1. The molecule has 0 fully saturated rings. The van der Waals surface area contributed by atoms with Gasteiger partial charge in [0.2, 0.25) is 0 Å². The van der Waals surface area contributed by atoms with Crippen LogP contribution in [0.3, 0.4) is 0 Å². The number of amides is 1. The summed E-state index contributed by atoms with van der Waals surface area (Å²) in [6, 6.07) is 1.36. The lowest BCUT2D eigenvalue weighted by Gasteiger charge is -2.27. The van der Waals surface area contributed by atoms with Crippen LogP contribution in [-0.2, 0) is 0 Å². The fourth-order valence-corrected chi connectivity index (χ4v) is 2.06.